The molecule has 0 unspecified atom stereocenters. The number of esters is 1. The number of nitrogens with one attached hydrogen (secondary N) is 2. The highest BCUT2D eigenvalue weighted by atomic mass is 35.5. The van der Waals surface area contributed by atoms with Gasteiger partial charge in [0.05, 0.1) is 40.7 Å². The first-order valence-electron chi connectivity index (χ1n) is 9.80. The van der Waals surface area contributed by atoms with E-state index >= 15 is 0 Å². The zero-order chi connectivity index (χ0) is 23.8. The van der Waals surface area contributed by atoms with Crippen LogP contribution in [0.3, 0.4) is 0 Å². The normalized spacial score (nSPS) is 10.8. The van der Waals surface area contributed by atoms with Gasteiger partial charge < -0.3 is 19.8 Å². The second-order valence-corrected chi connectivity index (χ2v) is 7.41. The van der Waals surface area contributed by atoms with Crippen molar-refractivity contribution in [2.45, 2.75) is 13.5 Å². The van der Waals surface area contributed by atoms with Crippen LogP contribution in [0.25, 0.3) is 0 Å². The summed E-state index contributed by atoms with van der Waals surface area (Å²) in [7, 11) is 0. The van der Waals surface area contributed by atoms with Crippen molar-refractivity contribution in [3.05, 3.63) is 81.7 Å². The van der Waals surface area contributed by atoms with Crippen LogP contribution in [0.15, 0.2) is 64.0 Å². The van der Waals surface area contributed by atoms with Crippen molar-refractivity contribution < 1.29 is 23.5 Å². The molecule has 10 heteroatoms. The number of carbonyl (C=O) groups excluding carboxylic acids is 3. The number of rotatable bonds is 7. The third kappa shape index (κ3) is 6.93. The van der Waals surface area contributed by atoms with Crippen molar-refractivity contribution >= 4 is 58.6 Å². The third-order valence-corrected chi connectivity index (χ3v) is 4.95. The Morgan fingerprint density at radius 2 is 1.76 bits per heavy atom. The zero-order valence-corrected chi connectivity index (χ0v) is 18.9. The van der Waals surface area contributed by atoms with Crippen LogP contribution in [0.2, 0.25) is 10.0 Å². The summed E-state index contributed by atoms with van der Waals surface area (Å²) >= 11 is 11.7. The van der Waals surface area contributed by atoms with E-state index in [4.69, 9.17) is 32.4 Å². The number of halogens is 2. The minimum atomic E-state index is -0.854. The fourth-order valence-electron chi connectivity index (χ4n) is 2.60. The number of hydrogen-bond acceptors (Lipinski definition) is 6. The number of ether oxygens (including phenoxy) is 1. The number of hydrogen-bond donors (Lipinski definition) is 2. The van der Waals surface area contributed by atoms with Crippen LogP contribution < -0.4 is 10.6 Å². The van der Waals surface area contributed by atoms with Gasteiger partial charge in [-0.2, -0.15) is 0 Å². The second kappa shape index (κ2) is 11.3. The SMILES string of the molecule is CCOC(=O)c1ccc(N=Cc2ccc(CNC(=O)C(=O)Nc3ccc(Cl)c(Cl)c3)o2)cc1. The van der Waals surface area contributed by atoms with Gasteiger partial charge in [-0.25, -0.2) is 4.79 Å². The van der Waals surface area contributed by atoms with E-state index in [-0.39, 0.29) is 11.6 Å². The predicted octanol–water partition coefficient (Wildman–Crippen LogP) is 4.77. The van der Waals surface area contributed by atoms with Gasteiger partial charge >= 0.3 is 17.8 Å². The first-order chi connectivity index (χ1) is 15.9. The molecule has 0 aliphatic heterocycles. The lowest BCUT2D eigenvalue weighted by Crippen LogP contribution is -2.34. The molecule has 0 aliphatic carbocycles. The van der Waals surface area contributed by atoms with Crippen molar-refractivity contribution in [2.24, 2.45) is 4.99 Å². The molecule has 3 rings (SSSR count). The van der Waals surface area contributed by atoms with Gasteiger partial charge in [-0.15, -0.1) is 0 Å². The number of furan rings is 1. The lowest BCUT2D eigenvalue weighted by molar-refractivity contribution is -0.136. The van der Waals surface area contributed by atoms with Crippen LogP contribution >= 0.6 is 23.2 Å². The number of aliphatic imine (C=N–C) groups is 1. The minimum absolute atomic E-state index is 0.00963. The zero-order valence-electron chi connectivity index (χ0n) is 17.4. The summed E-state index contributed by atoms with van der Waals surface area (Å²) in [5.41, 5.74) is 1.40. The standard InChI is InChI=1S/C23H19Cl2N3O5/c1-2-32-23(31)14-3-5-15(6-4-14)26-12-17-8-9-18(33-17)13-27-21(29)22(30)28-16-7-10-19(24)20(25)11-16/h3-12H,2,13H2,1H3,(H,27,29)(H,28,30). The number of anilines is 1. The van der Waals surface area contributed by atoms with Crippen LogP contribution in [0, 0.1) is 0 Å². The lowest BCUT2D eigenvalue weighted by Gasteiger charge is -2.06. The van der Waals surface area contributed by atoms with E-state index in [2.05, 4.69) is 15.6 Å². The van der Waals surface area contributed by atoms with Gasteiger partial charge in [-0.05, 0) is 61.5 Å². The Morgan fingerprint density at radius 3 is 2.45 bits per heavy atom. The van der Waals surface area contributed by atoms with Gasteiger partial charge in [0.1, 0.15) is 11.5 Å². The van der Waals surface area contributed by atoms with Crippen molar-refractivity contribution in [2.75, 3.05) is 11.9 Å². The van der Waals surface area contributed by atoms with Crippen molar-refractivity contribution in [1.82, 2.24) is 5.32 Å². The molecule has 2 aromatic carbocycles. The molecule has 0 spiro atoms. The molecule has 1 heterocycles. The van der Waals surface area contributed by atoms with Crippen LogP contribution in [0.1, 0.15) is 28.8 Å². The number of amides is 2. The highest BCUT2D eigenvalue weighted by Gasteiger charge is 2.15. The Kier molecular flexibility index (Phi) is 8.23. The second-order valence-electron chi connectivity index (χ2n) is 6.60. The van der Waals surface area contributed by atoms with Crippen LogP contribution in [-0.2, 0) is 20.9 Å². The summed E-state index contributed by atoms with van der Waals surface area (Å²) < 4.78 is 10.5. The molecule has 0 saturated carbocycles. The highest BCUT2D eigenvalue weighted by molar-refractivity contribution is 6.42. The minimum Gasteiger partial charge on any atom is -0.462 e. The molecular formula is C23H19Cl2N3O5. The number of nitrogens with zero attached hydrogens (tertiary/aromatic N) is 1. The molecule has 0 atom stereocenters. The Hall–Kier alpha value is -3.62. The average molecular weight is 488 g/mol. The fourth-order valence-corrected chi connectivity index (χ4v) is 2.90. The third-order valence-electron chi connectivity index (χ3n) is 4.21. The molecule has 0 radical (unpaired) electrons. The molecule has 8 nitrogen and oxygen atoms in total. The molecule has 170 valence electrons. The molecule has 0 bridgehead atoms. The van der Waals surface area contributed by atoms with E-state index in [9.17, 15) is 14.4 Å². The van der Waals surface area contributed by atoms with Gasteiger partial charge in [-0.3, -0.25) is 14.6 Å². The molecular weight excluding hydrogens is 469 g/mol. The number of benzene rings is 2. The Morgan fingerprint density at radius 1 is 1.00 bits per heavy atom. The molecule has 3 aromatic rings. The maximum atomic E-state index is 12.0. The average Bonchev–Trinajstić information content (AvgIpc) is 3.27. The van der Waals surface area contributed by atoms with Crippen molar-refractivity contribution in [1.29, 1.82) is 0 Å². The Labute approximate surface area is 199 Å². The lowest BCUT2D eigenvalue weighted by atomic mass is 10.2. The quantitative estimate of drug-likeness (QED) is 0.283. The van der Waals surface area contributed by atoms with Gasteiger partial charge in [0, 0.05) is 5.69 Å². The summed E-state index contributed by atoms with van der Waals surface area (Å²) in [6.07, 6.45) is 1.50. The monoisotopic (exact) mass is 487 g/mol. The molecule has 0 aliphatic rings. The van der Waals surface area contributed by atoms with E-state index in [0.717, 1.165) is 0 Å². The molecule has 1 aromatic heterocycles. The molecule has 2 N–H and O–H groups in total. The summed E-state index contributed by atoms with van der Waals surface area (Å²) in [5.74, 6) is -1.20. The summed E-state index contributed by atoms with van der Waals surface area (Å²) in [6, 6.07) is 14.4. The Bertz CT molecular complexity index is 1190. The molecule has 0 fully saturated rings. The number of carbonyl (C=O) groups is 3. The largest absolute Gasteiger partial charge is 0.462 e. The van der Waals surface area contributed by atoms with Gasteiger partial charge in [0.25, 0.3) is 0 Å². The van der Waals surface area contributed by atoms with Crippen molar-refractivity contribution in [3.63, 3.8) is 0 Å². The van der Waals surface area contributed by atoms with Gasteiger partial charge in [0.15, 0.2) is 0 Å². The summed E-state index contributed by atoms with van der Waals surface area (Å²) in [5, 5.41) is 5.50. The van der Waals surface area contributed by atoms with E-state index in [0.29, 0.717) is 40.1 Å². The van der Waals surface area contributed by atoms with Gasteiger partial charge in [-0.1, -0.05) is 23.2 Å². The van der Waals surface area contributed by atoms with E-state index in [1.807, 2.05) is 0 Å². The Balaban J connectivity index is 1.50. The van der Waals surface area contributed by atoms with E-state index in [1.54, 1.807) is 43.3 Å². The fraction of sp³-hybridized carbons (Fsp3) is 0.130. The first kappa shape index (κ1) is 24.0. The van der Waals surface area contributed by atoms with E-state index in [1.165, 1.54) is 24.4 Å². The summed E-state index contributed by atoms with van der Waals surface area (Å²) in [4.78, 5) is 40.0. The maximum Gasteiger partial charge on any atom is 0.338 e. The maximum absolute atomic E-state index is 12.0. The predicted molar refractivity (Wildman–Crippen MR) is 125 cm³/mol. The van der Waals surface area contributed by atoms with Crippen LogP contribution in [0.4, 0.5) is 11.4 Å². The van der Waals surface area contributed by atoms with Crippen LogP contribution in [-0.4, -0.2) is 30.6 Å². The molecule has 33 heavy (non-hydrogen) atoms. The highest BCUT2D eigenvalue weighted by Crippen LogP contribution is 2.25. The smallest absolute Gasteiger partial charge is 0.338 e. The van der Waals surface area contributed by atoms with Crippen molar-refractivity contribution in [3.8, 4) is 0 Å². The molecule has 0 saturated heterocycles. The van der Waals surface area contributed by atoms with E-state index < -0.39 is 17.8 Å². The molecule has 2 amide bonds. The van der Waals surface area contributed by atoms with Crippen LogP contribution in [0.5, 0.6) is 0 Å². The van der Waals surface area contributed by atoms with Gasteiger partial charge in [0.2, 0.25) is 0 Å². The summed E-state index contributed by atoms with van der Waals surface area (Å²) in [6.45, 7) is 2.06. The first-order valence-corrected chi connectivity index (χ1v) is 10.6. The topological polar surface area (TPSA) is 110 Å².